The molecule has 0 amide bonds. The first-order chi connectivity index (χ1) is 14.1. The Morgan fingerprint density at radius 2 is 1.31 bits per heavy atom. The molecule has 4 saturated carbocycles. The van der Waals surface area contributed by atoms with Gasteiger partial charge in [0.15, 0.2) is 0 Å². The zero-order chi connectivity index (χ0) is 20.2. The van der Waals surface area contributed by atoms with Gasteiger partial charge in [-0.1, -0.05) is 54.6 Å². The van der Waals surface area contributed by atoms with Crippen LogP contribution in [0.25, 0.3) is 0 Å². The van der Waals surface area contributed by atoms with E-state index in [4.69, 9.17) is 9.47 Å². The van der Waals surface area contributed by atoms with Gasteiger partial charge in [0, 0.05) is 0 Å². The Bertz CT molecular complexity index is 665. The molecule has 4 aliphatic carbocycles. The first-order valence-electron chi connectivity index (χ1n) is 11.3. The SMILES string of the molecule is C=C1CC2CCC(C1)C2O.C=C1CC2CCC(C1)C2OCOCc1ccccc1. The maximum absolute atomic E-state index is 9.59. The molecular weight excluding hydrogens is 360 g/mol. The molecule has 1 N–H and O–H groups in total. The second-order valence-corrected chi connectivity index (χ2v) is 9.59. The molecule has 0 aromatic heterocycles. The average molecular weight is 397 g/mol. The zero-order valence-corrected chi connectivity index (χ0v) is 17.6. The topological polar surface area (TPSA) is 38.7 Å². The molecule has 4 unspecified atom stereocenters. The van der Waals surface area contributed by atoms with E-state index in [1.807, 2.05) is 18.2 Å². The Morgan fingerprint density at radius 1 is 0.793 bits per heavy atom. The van der Waals surface area contributed by atoms with E-state index in [9.17, 15) is 5.11 Å². The normalized spacial score (nSPS) is 35.3. The Balaban J connectivity index is 0.000000171. The lowest BCUT2D eigenvalue weighted by molar-refractivity contribution is -0.122. The van der Waals surface area contributed by atoms with Gasteiger partial charge in [0.25, 0.3) is 0 Å². The fourth-order valence-electron chi connectivity index (χ4n) is 5.96. The summed E-state index contributed by atoms with van der Waals surface area (Å²) >= 11 is 0. The molecule has 0 spiro atoms. The fraction of sp³-hybridized carbons (Fsp3) is 0.615. The molecule has 4 atom stereocenters. The molecule has 5 rings (SSSR count). The highest BCUT2D eigenvalue weighted by molar-refractivity contribution is 5.13. The van der Waals surface area contributed by atoms with Crippen molar-refractivity contribution in [2.45, 2.75) is 70.2 Å². The van der Waals surface area contributed by atoms with Crippen LogP contribution in [0.15, 0.2) is 54.6 Å². The number of rotatable bonds is 5. The molecule has 1 aromatic rings. The van der Waals surface area contributed by atoms with Gasteiger partial charge >= 0.3 is 0 Å². The van der Waals surface area contributed by atoms with Crippen molar-refractivity contribution in [3.63, 3.8) is 0 Å². The summed E-state index contributed by atoms with van der Waals surface area (Å²) in [4.78, 5) is 0. The van der Waals surface area contributed by atoms with Crippen LogP contribution in [0.5, 0.6) is 0 Å². The van der Waals surface area contributed by atoms with Crippen molar-refractivity contribution < 1.29 is 14.6 Å². The summed E-state index contributed by atoms with van der Waals surface area (Å²) in [6, 6.07) is 10.2. The molecule has 4 fully saturated rings. The zero-order valence-electron chi connectivity index (χ0n) is 17.6. The first-order valence-corrected chi connectivity index (χ1v) is 11.3. The van der Waals surface area contributed by atoms with E-state index in [0.717, 1.165) is 25.7 Å². The molecule has 4 aliphatic rings. The maximum Gasteiger partial charge on any atom is 0.147 e. The lowest BCUT2D eigenvalue weighted by Gasteiger charge is -2.31. The van der Waals surface area contributed by atoms with Gasteiger partial charge in [-0.3, -0.25) is 0 Å². The van der Waals surface area contributed by atoms with Crippen molar-refractivity contribution in [3.05, 3.63) is 60.2 Å². The van der Waals surface area contributed by atoms with Crippen molar-refractivity contribution >= 4 is 0 Å². The van der Waals surface area contributed by atoms with E-state index in [1.54, 1.807) is 0 Å². The second kappa shape index (κ2) is 9.59. The molecule has 4 bridgehead atoms. The molecule has 3 heteroatoms. The van der Waals surface area contributed by atoms with Crippen molar-refractivity contribution in [2.75, 3.05) is 6.79 Å². The van der Waals surface area contributed by atoms with E-state index in [2.05, 4.69) is 25.3 Å². The summed E-state index contributed by atoms with van der Waals surface area (Å²) < 4.78 is 11.6. The van der Waals surface area contributed by atoms with Crippen LogP contribution >= 0.6 is 0 Å². The van der Waals surface area contributed by atoms with Crippen LogP contribution in [0.3, 0.4) is 0 Å². The first kappa shape index (κ1) is 20.8. The van der Waals surface area contributed by atoms with Crippen LogP contribution in [0.2, 0.25) is 0 Å². The highest BCUT2D eigenvalue weighted by Gasteiger charge is 2.41. The summed E-state index contributed by atoms with van der Waals surface area (Å²) in [5, 5.41) is 9.59. The predicted octanol–water partition coefficient (Wildman–Crippen LogP) is 5.65. The summed E-state index contributed by atoms with van der Waals surface area (Å²) in [6.45, 7) is 9.17. The number of ether oxygens (including phenoxy) is 2. The minimum atomic E-state index is 0.00509. The summed E-state index contributed by atoms with van der Waals surface area (Å²) in [7, 11) is 0. The molecule has 158 valence electrons. The fourth-order valence-corrected chi connectivity index (χ4v) is 5.96. The van der Waals surface area contributed by atoms with Crippen molar-refractivity contribution in [3.8, 4) is 0 Å². The molecule has 0 radical (unpaired) electrons. The van der Waals surface area contributed by atoms with Gasteiger partial charge in [-0.05, 0) is 80.6 Å². The molecule has 0 heterocycles. The standard InChI is InChI=1S/C17H22O2.C9H14O/c1-13-9-15-7-8-16(10-13)17(15)19-12-18-11-14-5-3-2-4-6-14;1-6-4-7-2-3-8(5-6)9(7)10/h2-6,15-17H,1,7-12H2;7-10H,1-5H2. The Kier molecular flexibility index (Phi) is 6.89. The van der Waals surface area contributed by atoms with E-state index in [0.29, 0.717) is 43.2 Å². The lowest BCUT2D eigenvalue weighted by atomic mass is 9.83. The summed E-state index contributed by atoms with van der Waals surface area (Å²) in [5.41, 5.74) is 3.97. The van der Waals surface area contributed by atoms with Gasteiger partial charge in [-0.2, -0.15) is 0 Å². The highest BCUT2D eigenvalue weighted by atomic mass is 16.7. The Hall–Kier alpha value is -1.42. The molecular formula is C26H36O3. The van der Waals surface area contributed by atoms with Gasteiger partial charge < -0.3 is 14.6 Å². The van der Waals surface area contributed by atoms with Gasteiger partial charge in [0.1, 0.15) is 6.79 Å². The minimum Gasteiger partial charge on any atom is -0.393 e. The Morgan fingerprint density at radius 3 is 1.90 bits per heavy atom. The van der Waals surface area contributed by atoms with Crippen molar-refractivity contribution in [2.24, 2.45) is 23.7 Å². The second-order valence-electron chi connectivity index (χ2n) is 9.59. The van der Waals surface area contributed by atoms with Gasteiger partial charge in [-0.25, -0.2) is 0 Å². The van der Waals surface area contributed by atoms with E-state index in [1.165, 1.54) is 42.4 Å². The molecule has 3 nitrogen and oxygen atoms in total. The number of hydrogen-bond acceptors (Lipinski definition) is 3. The van der Waals surface area contributed by atoms with Crippen LogP contribution in [0, 0.1) is 23.7 Å². The third-order valence-electron chi connectivity index (χ3n) is 7.37. The van der Waals surface area contributed by atoms with E-state index in [-0.39, 0.29) is 6.10 Å². The number of fused-ring (bicyclic) bond motifs is 4. The smallest absolute Gasteiger partial charge is 0.147 e. The van der Waals surface area contributed by atoms with Crippen LogP contribution in [0.4, 0.5) is 0 Å². The monoisotopic (exact) mass is 396 g/mol. The molecule has 1 aromatic carbocycles. The molecule has 29 heavy (non-hydrogen) atoms. The average Bonchev–Trinajstić information content (AvgIpc) is 3.07. The third-order valence-corrected chi connectivity index (χ3v) is 7.37. The quantitative estimate of drug-likeness (QED) is 0.397. The Labute approximate surface area is 175 Å². The highest BCUT2D eigenvalue weighted by Crippen LogP contribution is 2.46. The van der Waals surface area contributed by atoms with Gasteiger partial charge in [0.05, 0.1) is 18.8 Å². The molecule has 0 aliphatic heterocycles. The number of benzene rings is 1. The summed E-state index contributed by atoms with van der Waals surface area (Å²) in [5.74, 6) is 2.50. The minimum absolute atomic E-state index is 0.00509. The lowest BCUT2D eigenvalue weighted by Crippen LogP contribution is -2.30. The van der Waals surface area contributed by atoms with E-state index >= 15 is 0 Å². The van der Waals surface area contributed by atoms with Crippen LogP contribution < -0.4 is 0 Å². The van der Waals surface area contributed by atoms with Crippen molar-refractivity contribution in [1.29, 1.82) is 0 Å². The largest absolute Gasteiger partial charge is 0.393 e. The van der Waals surface area contributed by atoms with Crippen molar-refractivity contribution in [1.82, 2.24) is 0 Å². The van der Waals surface area contributed by atoms with Crippen LogP contribution in [-0.2, 0) is 16.1 Å². The number of hydrogen-bond donors (Lipinski definition) is 1. The van der Waals surface area contributed by atoms with Gasteiger partial charge in [0.2, 0.25) is 0 Å². The predicted molar refractivity (Wildman–Crippen MR) is 116 cm³/mol. The van der Waals surface area contributed by atoms with Crippen LogP contribution in [-0.4, -0.2) is 24.1 Å². The van der Waals surface area contributed by atoms with Gasteiger partial charge in [-0.15, -0.1) is 0 Å². The molecule has 0 saturated heterocycles. The maximum atomic E-state index is 9.59. The van der Waals surface area contributed by atoms with Crippen LogP contribution in [0.1, 0.15) is 56.9 Å². The summed E-state index contributed by atoms with van der Waals surface area (Å²) in [6.07, 6.45) is 9.93. The number of aliphatic hydroxyl groups is 1. The third kappa shape index (κ3) is 5.20. The number of allylic oxidation sites excluding steroid dienone is 2. The van der Waals surface area contributed by atoms with E-state index < -0.39 is 0 Å². The number of aliphatic hydroxyl groups excluding tert-OH is 1.